The number of hydrogen-bond donors (Lipinski definition) is 1. The number of fused-ring (bicyclic) bond motifs is 3. The van der Waals surface area contributed by atoms with E-state index < -0.39 is 0 Å². The van der Waals surface area contributed by atoms with Crippen LogP contribution < -0.4 is 16.1 Å². The van der Waals surface area contributed by atoms with Crippen molar-refractivity contribution in [2.45, 2.75) is 38.8 Å². The first-order valence-corrected chi connectivity index (χ1v) is 8.05. The molecule has 1 aliphatic heterocycles. The minimum Gasteiger partial charge on any atom is -0.394 e. The van der Waals surface area contributed by atoms with E-state index in [-0.39, 0.29) is 23.9 Å². The fourth-order valence-electron chi connectivity index (χ4n) is 3.31. The Kier molecular flexibility index (Phi) is 4.01. The summed E-state index contributed by atoms with van der Waals surface area (Å²) in [5.74, 6) is 0.678. The summed E-state index contributed by atoms with van der Waals surface area (Å²) in [6.07, 6.45) is 2.70. The van der Waals surface area contributed by atoms with Crippen LogP contribution in [0.5, 0.6) is 0 Å². The van der Waals surface area contributed by atoms with Crippen LogP contribution in [0.25, 0.3) is 11.2 Å². The van der Waals surface area contributed by atoms with Crippen LogP contribution in [0.3, 0.4) is 0 Å². The number of rotatable bonds is 3. The number of imidazole rings is 1. The average Bonchev–Trinajstić information content (AvgIpc) is 2.82. The predicted molar refractivity (Wildman–Crippen MR) is 88.0 cm³/mol. The molecule has 1 aliphatic rings. The zero-order valence-corrected chi connectivity index (χ0v) is 13.8. The lowest BCUT2D eigenvalue weighted by Gasteiger charge is -2.29. The van der Waals surface area contributed by atoms with E-state index in [1.165, 1.54) is 11.6 Å². The monoisotopic (exact) mass is 321 g/mol. The van der Waals surface area contributed by atoms with Crippen molar-refractivity contribution in [2.24, 2.45) is 14.1 Å². The third-order valence-corrected chi connectivity index (χ3v) is 4.74. The molecule has 1 atom stereocenters. The molecule has 3 rings (SSSR count). The first-order chi connectivity index (χ1) is 11.0. The van der Waals surface area contributed by atoms with Crippen LogP contribution in [0, 0.1) is 0 Å². The SMILES string of the molecule is CCC(CO)N1CCCCn2c1nc1c2c(=O)n(C)c(=O)n1C. The maximum atomic E-state index is 12.6. The normalized spacial score (nSPS) is 16.4. The van der Waals surface area contributed by atoms with Gasteiger partial charge in [0.15, 0.2) is 11.2 Å². The van der Waals surface area contributed by atoms with Gasteiger partial charge in [-0.25, -0.2) is 4.79 Å². The fourth-order valence-corrected chi connectivity index (χ4v) is 3.31. The van der Waals surface area contributed by atoms with Crippen molar-refractivity contribution in [3.05, 3.63) is 20.8 Å². The van der Waals surface area contributed by atoms with Gasteiger partial charge in [-0.15, -0.1) is 0 Å². The van der Waals surface area contributed by atoms with Gasteiger partial charge in [-0.2, -0.15) is 4.98 Å². The molecule has 2 aromatic rings. The molecule has 8 heteroatoms. The lowest BCUT2D eigenvalue weighted by molar-refractivity contribution is 0.254. The molecule has 2 aromatic heterocycles. The van der Waals surface area contributed by atoms with E-state index in [2.05, 4.69) is 9.88 Å². The van der Waals surface area contributed by atoms with Crippen LogP contribution in [0.15, 0.2) is 9.59 Å². The molecule has 0 saturated carbocycles. The summed E-state index contributed by atoms with van der Waals surface area (Å²) in [6.45, 7) is 3.54. The third-order valence-electron chi connectivity index (χ3n) is 4.74. The van der Waals surface area contributed by atoms with Crippen molar-refractivity contribution in [1.29, 1.82) is 0 Å². The smallest absolute Gasteiger partial charge is 0.332 e. The summed E-state index contributed by atoms with van der Waals surface area (Å²) in [4.78, 5) is 31.4. The van der Waals surface area contributed by atoms with E-state index in [0.29, 0.717) is 23.7 Å². The molecule has 126 valence electrons. The maximum Gasteiger partial charge on any atom is 0.332 e. The molecule has 0 saturated heterocycles. The summed E-state index contributed by atoms with van der Waals surface area (Å²) in [6, 6.07) is -0.0375. The van der Waals surface area contributed by atoms with E-state index in [0.717, 1.165) is 30.4 Å². The summed E-state index contributed by atoms with van der Waals surface area (Å²) in [5.41, 5.74) is 0.175. The number of aryl methyl sites for hydroxylation is 2. The van der Waals surface area contributed by atoms with Gasteiger partial charge < -0.3 is 14.6 Å². The van der Waals surface area contributed by atoms with Crippen molar-refractivity contribution >= 4 is 17.1 Å². The first-order valence-electron chi connectivity index (χ1n) is 8.05. The molecule has 0 bridgehead atoms. The van der Waals surface area contributed by atoms with Crippen molar-refractivity contribution in [3.63, 3.8) is 0 Å². The van der Waals surface area contributed by atoms with E-state index in [4.69, 9.17) is 0 Å². The van der Waals surface area contributed by atoms with Gasteiger partial charge in [0.2, 0.25) is 5.95 Å². The highest BCUT2D eigenvalue weighted by atomic mass is 16.3. The molecule has 0 aliphatic carbocycles. The fraction of sp³-hybridized carbons (Fsp3) is 0.667. The van der Waals surface area contributed by atoms with Crippen LogP contribution in [0.4, 0.5) is 5.95 Å². The minimum atomic E-state index is -0.378. The van der Waals surface area contributed by atoms with Crippen molar-refractivity contribution in [1.82, 2.24) is 18.7 Å². The molecule has 0 fully saturated rings. The zero-order valence-electron chi connectivity index (χ0n) is 13.8. The average molecular weight is 321 g/mol. The molecular formula is C15H23N5O3. The molecule has 23 heavy (non-hydrogen) atoms. The van der Waals surface area contributed by atoms with E-state index in [1.54, 1.807) is 7.05 Å². The van der Waals surface area contributed by atoms with Crippen molar-refractivity contribution < 1.29 is 5.11 Å². The Morgan fingerprint density at radius 3 is 2.52 bits per heavy atom. The highest BCUT2D eigenvalue weighted by Crippen LogP contribution is 2.26. The Morgan fingerprint density at radius 2 is 1.87 bits per heavy atom. The summed E-state index contributed by atoms with van der Waals surface area (Å²) in [5, 5.41) is 9.67. The number of anilines is 1. The Balaban J connectivity index is 2.34. The Hall–Kier alpha value is -2.09. The van der Waals surface area contributed by atoms with Gasteiger partial charge in [0.05, 0.1) is 12.6 Å². The highest BCUT2D eigenvalue weighted by Gasteiger charge is 2.27. The topological polar surface area (TPSA) is 85.3 Å². The number of nitrogens with zero attached hydrogens (tertiary/aromatic N) is 5. The summed E-state index contributed by atoms with van der Waals surface area (Å²) >= 11 is 0. The molecule has 8 nitrogen and oxygen atoms in total. The third kappa shape index (κ3) is 2.28. The van der Waals surface area contributed by atoms with Gasteiger partial charge in [0, 0.05) is 27.2 Å². The highest BCUT2D eigenvalue weighted by molar-refractivity contribution is 5.74. The van der Waals surface area contributed by atoms with Crippen LogP contribution in [-0.4, -0.2) is 43.0 Å². The largest absolute Gasteiger partial charge is 0.394 e. The first kappa shape index (κ1) is 15.8. The maximum absolute atomic E-state index is 12.6. The number of aliphatic hydroxyl groups is 1. The van der Waals surface area contributed by atoms with Gasteiger partial charge in [-0.3, -0.25) is 13.9 Å². The van der Waals surface area contributed by atoms with Gasteiger partial charge in [-0.1, -0.05) is 6.92 Å². The second kappa shape index (κ2) is 5.84. The molecule has 0 amide bonds. The lowest BCUT2D eigenvalue weighted by Crippen LogP contribution is -2.39. The summed E-state index contributed by atoms with van der Waals surface area (Å²) < 4.78 is 4.44. The predicted octanol–water partition coefficient (Wildman–Crippen LogP) is -0.195. The molecule has 3 heterocycles. The van der Waals surface area contributed by atoms with Gasteiger partial charge in [0.1, 0.15) is 0 Å². The van der Waals surface area contributed by atoms with Crippen LogP contribution >= 0.6 is 0 Å². The number of aliphatic hydroxyl groups excluding tert-OH is 1. The van der Waals surface area contributed by atoms with Gasteiger partial charge in [0.25, 0.3) is 5.56 Å². The van der Waals surface area contributed by atoms with Crippen LogP contribution in [0.1, 0.15) is 26.2 Å². The van der Waals surface area contributed by atoms with Gasteiger partial charge in [-0.05, 0) is 19.3 Å². The van der Waals surface area contributed by atoms with E-state index in [9.17, 15) is 14.7 Å². The summed E-state index contributed by atoms with van der Waals surface area (Å²) in [7, 11) is 3.12. The molecule has 0 spiro atoms. The standard InChI is InChI=1S/C15H23N5O3/c1-4-10(9-21)19-7-5-6-8-20-11-12(16-14(19)20)17(2)15(23)18(3)13(11)22/h10,21H,4-9H2,1-3H3. The Labute approximate surface area is 133 Å². The zero-order chi connectivity index (χ0) is 16.7. The molecule has 0 radical (unpaired) electrons. The second-order valence-corrected chi connectivity index (χ2v) is 6.09. The van der Waals surface area contributed by atoms with Crippen molar-refractivity contribution in [3.8, 4) is 0 Å². The van der Waals surface area contributed by atoms with E-state index >= 15 is 0 Å². The molecule has 0 aromatic carbocycles. The molecule has 1 N–H and O–H groups in total. The molecule has 1 unspecified atom stereocenters. The Morgan fingerprint density at radius 1 is 1.17 bits per heavy atom. The minimum absolute atomic E-state index is 0.0375. The van der Waals surface area contributed by atoms with Crippen LogP contribution in [-0.2, 0) is 20.6 Å². The lowest BCUT2D eigenvalue weighted by atomic mass is 10.2. The molecular weight excluding hydrogens is 298 g/mol. The van der Waals surface area contributed by atoms with Crippen LogP contribution in [0.2, 0.25) is 0 Å². The Bertz CT molecular complexity index is 843. The number of aromatic nitrogens is 4. The second-order valence-electron chi connectivity index (χ2n) is 6.09. The van der Waals surface area contributed by atoms with Crippen molar-refractivity contribution in [2.75, 3.05) is 18.1 Å². The quantitative estimate of drug-likeness (QED) is 0.846. The van der Waals surface area contributed by atoms with Gasteiger partial charge >= 0.3 is 5.69 Å². The van der Waals surface area contributed by atoms with E-state index in [1.807, 2.05) is 11.5 Å². The number of hydrogen-bond acceptors (Lipinski definition) is 5.